The Morgan fingerprint density at radius 1 is 1.11 bits per heavy atom. The van der Waals surface area contributed by atoms with E-state index in [2.05, 4.69) is 9.97 Å². The molecular formula is C13H12Cl2N2O2. The molecule has 0 aliphatic heterocycles. The highest BCUT2D eigenvalue weighted by molar-refractivity contribution is 6.32. The van der Waals surface area contributed by atoms with Gasteiger partial charge in [0, 0.05) is 5.56 Å². The summed E-state index contributed by atoms with van der Waals surface area (Å²) in [7, 11) is 1.62. The fraction of sp³-hybridized carbons (Fsp3) is 0.231. The van der Waals surface area contributed by atoms with Gasteiger partial charge < -0.3 is 9.47 Å². The Kier molecular flexibility index (Phi) is 4.45. The lowest BCUT2D eigenvalue weighted by Gasteiger charge is -2.09. The van der Waals surface area contributed by atoms with Gasteiger partial charge in [-0.05, 0) is 36.2 Å². The van der Waals surface area contributed by atoms with E-state index in [0.29, 0.717) is 23.2 Å². The lowest BCUT2D eigenvalue weighted by atomic mass is 10.2. The molecule has 6 heteroatoms. The smallest absolute Gasteiger partial charge is 0.227 e. The fourth-order valence-electron chi connectivity index (χ4n) is 1.46. The van der Waals surface area contributed by atoms with E-state index in [1.54, 1.807) is 14.0 Å². The summed E-state index contributed by atoms with van der Waals surface area (Å²) >= 11 is 11.6. The van der Waals surface area contributed by atoms with Crippen molar-refractivity contribution in [2.24, 2.45) is 0 Å². The zero-order valence-corrected chi connectivity index (χ0v) is 12.0. The molecule has 0 aliphatic carbocycles. The van der Waals surface area contributed by atoms with Crippen LogP contribution in [0.5, 0.6) is 11.6 Å². The standard InChI is InChI=1S/C13H12Cl2N2O2/c1-8-11(14)16-13(15)17-12(8)19-7-9-3-5-10(18-2)6-4-9/h3-6H,7H2,1-2H3. The molecule has 2 aromatic rings. The van der Waals surface area contributed by atoms with Gasteiger partial charge in [-0.3, -0.25) is 0 Å². The van der Waals surface area contributed by atoms with E-state index in [4.69, 9.17) is 32.7 Å². The molecule has 0 radical (unpaired) electrons. The summed E-state index contributed by atoms with van der Waals surface area (Å²) in [5, 5.41) is 0.366. The summed E-state index contributed by atoms with van der Waals surface area (Å²) in [6, 6.07) is 7.56. The molecule has 1 heterocycles. The van der Waals surface area contributed by atoms with Gasteiger partial charge in [0.2, 0.25) is 11.2 Å². The maximum absolute atomic E-state index is 5.91. The highest BCUT2D eigenvalue weighted by atomic mass is 35.5. The van der Waals surface area contributed by atoms with Crippen LogP contribution in [-0.4, -0.2) is 17.1 Å². The molecule has 4 nitrogen and oxygen atoms in total. The minimum Gasteiger partial charge on any atom is -0.497 e. The monoisotopic (exact) mass is 298 g/mol. The van der Waals surface area contributed by atoms with E-state index in [1.807, 2.05) is 24.3 Å². The Balaban J connectivity index is 2.09. The summed E-state index contributed by atoms with van der Waals surface area (Å²) in [5.41, 5.74) is 1.66. The van der Waals surface area contributed by atoms with Gasteiger partial charge in [0.25, 0.3) is 0 Å². The SMILES string of the molecule is COc1ccc(COc2nc(Cl)nc(Cl)c2C)cc1. The molecule has 100 valence electrons. The molecule has 1 aromatic heterocycles. The molecule has 0 saturated carbocycles. The summed E-state index contributed by atoms with van der Waals surface area (Å²) in [4.78, 5) is 7.84. The predicted octanol–water partition coefficient (Wildman–Crippen LogP) is 3.68. The van der Waals surface area contributed by atoms with Gasteiger partial charge in [-0.1, -0.05) is 23.7 Å². The highest BCUT2D eigenvalue weighted by Gasteiger charge is 2.09. The highest BCUT2D eigenvalue weighted by Crippen LogP contribution is 2.24. The molecule has 19 heavy (non-hydrogen) atoms. The zero-order valence-electron chi connectivity index (χ0n) is 10.5. The second-order valence-electron chi connectivity index (χ2n) is 3.85. The van der Waals surface area contributed by atoms with Crippen LogP contribution in [0.2, 0.25) is 10.4 Å². The molecule has 0 unspecified atom stereocenters. The topological polar surface area (TPSA) is 44.2 Å². The van der Waals surface area contributed by atoms with Crippen LogP contribution in [0.3, 0.4) is 0 Å². The second-order valence-corrected chi connectivity index (χ2v) is 4.55. The Labute approximate surface area is 121 Å². The number of halogens is 2. The van der Waals surface area contributed by atoms with Crippen LogP contribution in [0.25, 0.3) is 0 Å². The summed E-state index contributed by atoms with van der Waals surface area (Å²) in [5.74, 6) is 1.19. The number of rotatable bonds is 4. The van der Waals surface area contributed by atoms with E-state index >= 15 is 0 Å². The third kappa shape index (κ3) is 3.49. The second kappa shape index (κ2) is 6.08. The molecule has 0 saturated heterocycles. The fourth-order valence-corrected chi connectivity index (χ4v) is 1.83. The third-order valence-electron chi connectivity index (χ3n) is 2.55. The lowest BCUT2D eigenvalue weighted by molar-refractivity contribution is 0.291. The first-order valence-corrected chi connectivity index (χ1v) is 6.31. The van der Waals surface area contributed by atoms with Crippen LogP contribution in [0.4, 0.5) is 0 Å². The quantitative estimate of drug-likeness (QED) is 0.638. The van der Waals surface area contributed by atoms with Crippen LogP contribution >= 0.6 is 23.2 Å². The minimum atomic E-state index is 0.0698. The minimum absolute atomic E-state index is 0.0698. The number of nitrogens with zero attached hydrogens (tertiary/aromatic N) is 2. The summed E-state index contributed by atoms with van der Waals surface area (Å²) < 4.78 is 10.7. The average molecular weight is 299 g/mol. The van der Waals surface area contributed by atoms with E-state index in [0.717, 1.165) is 11.3 Å². The van der Waals surface area contributed by atoms with E-state index in [1.165, 1.54) is 0 Å². The Morgan fingerprint density at radius 3 is 2.42 bits per heavy atom. The van der Waals surface area contributed by atoms with Crippen LogP contribution in [-0.2, 0) is 6.61 Å². The van der Waals surface area contributed by atoms with Gasteiger partial charge in [0.15, 0.2) is 0 Å². The molecule has 0 amide bonds. The van der Waals surface area contributed by atoms with Crippen LogP contribution in [0.1, 0.15) is 11.1 Å². The van der Waals surface area contributed by atoms with Crippen molar-refractivity contribution in [1.29, 1.82) is 0 Å². The van der Waals surface area contributed by atoms with Crippen LogP contribution in [0.15, 0.2) is 24.3 Å². The molecule has 0 spiro atoms. The summed E-state index contributed by atoms with van der Waals surface area (Å²) in [6.07, 6.45) is 0. The molecule has 0 atom stereocenters. The van der Waals surface area contributed by atoms with E-state index in [-0.39, 0.29) is 5.28 Å². The number of benzene rings is 1. The van der Waals surface area contributed by atoms with Gasteiger partial charge in [-0.15, -0.1) is 0 Å². The Bertz CT molecular complexity index is 574. The van der Waals surface area contributed by atoms with Crippen molar-refractivity contribution in [3.8, 4) is 11.6 Å². The van der Waals surface area contributed by atoms with Gasteiger partial charge in [0.05, 0.1) is 7.11 Å². The van der Waals surface area contributed by atoms with Crippen molar-refractivity contribution in [2.45, 2.75) is 13.5 Å². The van der Waals surface area contributed by atoms with Crippen molar-refractivity contribution in [2.75, 3.05) is 7.11 Å². The lowest BCUT2D eigenvalue weighted by Crippen LogP contribution is -2.01. The van der Waals surface area contributed by atoms with Gasteiger partial charge in [-0.25, -0.2) is 4.98 Å². The largest absolute Gasteiger partial charge is 0.497 e. The van der Waals surface area contributed by atoms with Gasteiger partial charge >= 0.3 is 0 Å². The molecule has 1 aromatic carbocycles. The number of aromatic nitrogens is 2. The molecule has 0 bridgehead atoms. The first kappa shape index (κ1) is 13.9. The normalized spacial score (nSPS) is 10.3. The summed E-state index contributed by atoms with van der Waals surface area (Å²) in [6.45, 7) is 2.15. The molecular weight excluding hydrogens is 287 g/mol. The van der Waals surface area contributed by atoms with Crippen molar-refractivity contribution in [1.82, 2.24) is 9.97 Å². The van der Waals surface area contributed by atoms with Crippen molar-refractivity contribution in [3.05, 3.63) is 45.8 Å². The average Bonchev–Trinajstić information content (AvgIpc) is 2.41. The van der Waals surface area contributed by atoms with Gasteiger partial charge in [0.1, 0.15) is 17.5 Å². The first-order chi connectivity index (χ1) is 9.10. The molecule has 2 rings (SSSR count). The Morgan fingerprint density at radius 2 is 1.79 bits per heavy atom. The molecule has 0 aliphatic rings. The number of methoxy groups -OCH3 is 1. The maximum atomic E-state index is 5.91. The first-order valence-electron chi connectivity index (χ1n) is 5.55. The van der Waals surface area contributed by atoms with Gasteiger partial charge in [-0.2, -0.15) is 4.98 Å². The number of hydrogen-bond donors (Lipinski definition) is 0. The van der Waals surface area contributed by atoms with Crippen molar-refractivity contribution >= 4 is 23.2 Å². The predicted molar refractivity (Wildman–Crippen MR) is 74.1 cm³/mol. The Hall–Kier alpha value is -1.52. The zero-order chi connectivity index (χ0) is 13.8. The number of hydrogen-bond acceptors (Lipinski definition) is 4. The van der Waals surface area contributed by atoms with Crippen molar-refractivity contribution < 1.29 is 9.47 Å². The number of ether oxygens (including phenoxy) is 2. The van der Waals surface area contributed by atoms with Crippen LogP contribution in [0, 0.1) is 6.92 Å². The maximum Gasteiger partial charge on any atom is 0.227 e. The third-order valence-corrected chi connectivity index (χ3v) is 3.09. The van der Waals surface area contributed by atoms with E-state index in [9.17, 15) is 0 Å². The van der Waals surface area contributed by atoms with Crippen LogP contribution < -0.4 is 9.47 Å². The molecule has 0 N–H and O–H groups in total. The molecule has 0 fully saturated rings. The van der Waals surface area contributed by atoms with Crippen molar-refractivity contribution in [3.63, 3.8) is 0 Å². The van der Waals surface area contributed by atoms with E-state index < -0.39 is 0 Å².